The monoisotopic (exact) mass is 446 g/mol. The van der Waals surface area contributed by atoms with Crippen molar-refractivity contribution in [2.75, 3.05) is 0 Å². The summed E-state index contributed by atoms with van der Waals surface area (Å²) in [5.74, 6) is 1.24. The molecule has 1 aromatic heterocycles. The molecule has 34 heavy (non-hydrogen) atoms. The van der Waals surface area contributed by atoms with Gasteiger partial charge in [0.05, 0.1) is 17.2 Å². The van der Waals surface area contributed by atoms with Gasteiger partial charge in [0.2, 0.25) is 0 Å². The van der Waals surface area contributed by atoms with Crippen molar-refractivity contribution >= 4 is 23.2 Å². The summed E-state index contributed by atoms with van der Waals surface area (Å²) in [6.45, 7) is 0.512. The number of benzene rings is 4. The van der Waals surface area contributed by atoms with Crippen molar-refractivity contribution < 1.29 is 9.53 Å². The molecular weight excluding hydrogens is 424 g/mol. The zero-order chi connectivity index (χ0) is 23.2. The highest BCUT2D eigenvalue weighted by molar-refractivity contribution is 5.98. The van der Waals surface area contributed by atoms with Gasteiger partial charge in [-0.25, -0.2) is 10.4 Å². The van der Waals surface area contributed by atoms with Crippen LogP contribution < -0.4 is 10.2 Å². The number of carbonyl (C=O) groups excluding carboxylic acids is 1. The van der Waals surface area contributed by atoms with Gasteiger partial charge in [-0.3, -0.25) is 4.79 Å². The minimum absolute atomic E-state index is 0.295. The van der Waals surface area contributed by atoms with E-state index in [4.69, 9.17) is 4.74 Å². The van der Waals surface area contributed by atoms with E-state index in [2.05, 4.69) is 20.5 Å². The first kappa shape index (κ1) is 21.2. The highest BCUT2D eigenvalue weighted by Crippen LogP contribution is 2.21. The van der Waals surface area contributed by atoms with E-state index < -0.39 is 0 Å². The number of carbonyl (C=O) groups is 1. The van der Waals surface area contributed by atoms with Crippen LogP contribution in [0.4, 0.5) is 0 Å². The Hall–Kier alpha value is -4.71. The van der Waals surface area contributed by atoms with Gasteiger partial charge in [0.1, 0.15) is 18.2 Å². The first-order chi connectivity index (χ1) is 16.7. The van der Waals surface area contributed by atoms with Gasteiger partial charge < -0.3 is 9.72 Å². The molecule has 0 unspecified atom stereocenters. The minimum Gasteiger partial charge on any atom is -0.489 e. The fraction of sp³-hybridized carbons (Fsp3) is 0.0357. The van der Waals surface area contributed by atoms with Gasteiger partial charge in [-0.15, -0.1) is 0 Å². The Morgan fingerprint density at radius 2 is 1.65 bits per heavy atom. The fourth-order valence-electron chi connectivity index (χ4n) is 3.50. The number of fused-ring (bicyclic) bond motifs is 1. The van der Waals surface area contributed by atoms with E-state index in [9.17, 15) is 4.79 Å². The molecule has 5 aromatic rings. The Morgan fingerprint density at radius 1 is 0.912 bits per heavy atom. The van der Waals surface area contributed by atoms with Crippen molar-refractivity contribution in [1.82, 2.24) is 15.4 Å². The van der Waals surface area contributed by atoms with Gasteiger partial charge >= 0.3 is 0 Å². The lowest BCUT2D eigenvalue weighted by Gasteiger charge is -2.06. The van der Waals surface area contributed by atoms with Crippen molar-refractivity contribution in [2.45, 2.75) is 6.61 Å². The number of aromatic nitrogens is 2. The van der Waals surface area contributed by atoms with Crippen molar-refractivity contribution in [3.63, 3.8) is 0 Å². The van der Waals surface area contributed by atoms with Crippen LogP contribution >= 0.6 is 0 Å². The summed E-state index contributed by atoms with van der Waals surface area (Å²) >= 11 is 0. The standard InChI is InChI=1S/C28H22N4O2/c33-28(23-13-16-25-26(17-23)31-27(30-25)22-9-5-2-6-10-22)32-29-18-20-11-14-24(15-12-20)34-19-21-7-3-1-4-8-21/h1-18H,19H2,(H,30,31)(H,32,33)/b29-18+. The summed E-state index contributed by atoms with van der Waals surface area (Å²) in [7, 11) is 0. The largest absolute Gasteiger partial charge is 0.489 e. The number of nitrogens with zero attached hydrogens (tertiary/aromatic N) is 2. The first-order valence-corrected chi connectivity index (χ1v) is 10.9. The Labute approximate surface area is 196 Å². The van der Waals surface area contributed by atoms with Gasteiger partial charge in [0, 0.05) is 11.1 Å². The van der Waals surface area contributed by atoms with Crippen LogP contribution in [0, 0.1) is 0 Å². The highest BCUT2D eigenvalue weighted by Gasteiger charge is 2.09. The lowest BCUT2D eigenvalue weighted by Crippen LogP contribution is -2.17. The quantitative estimate of drug-likeness (QED) is 0.253. The number of hydrogen-bond acceptors (Lipinski definition) is 4. The lowest BCUT2D eigenvalue weighted by molar-refractivity contribution is 0.0955. The molecule has 0 saturated heterocycles. The molecule has 6 heteroatoms. The smallest absolute Gasteiger partial charge is 0.271 e. The second kappa shape index (κ2) is 9.83. The summed E-state index contributed by atoms with van der Waals surface area (Å²) in [5, 5.41) is 4.08. The van der Waals surface area contributed by atoms with Crippen molar-refractivity contribution in [2.24, 2.45) is 5.10 Å². The van der Waals surface area contributed by atoms with Crippen molar-refractivity contribution in [1.29, 1.82) is 0 Å². The molecule has 166 valence electrons. The first-order valence-electron chi connectivity index (χ1n) is 10.9. The van der Waals surface area contributed by atoms with Crippen LogP contribution in [0.15, 0.2) is 108 Å². The number of imidazole rings is 1. The number of ether oxygens (including phenoxy) is 1. The number of hydrazone groups is 1. The van der Waals surface area contributed by atoms with Crippen molar-refractivity contribution in [3.05, 3.63) is 120 Å². The molecule has 0 fully saturated rings. The topological polar surface area (TPSA) is 79.4 Å². The van der Waals surface area contributed by atoms with E-state index in [0.29, 0.717) is 12.2 Å². The molecule has 0 aliphatic rings. The van der Waals surface area contributed by atoms with Crippen molar-refractivity contribution in [3.8, 4) is 17.1 Å². The third-order valence-corrected chi connectivity index (χ3v) is 5.30. The van der Waals surface area contributed by atoms with Gasteiger partial charge in [-0.1, -0.05) is 60.7 Å². The molecule has 5 rings (SSSR count). The summed E-state index contributed by atoms with van der Waals surface area (Å²) in [4.78, 5) is 20.4. The molecular formula is C28H22N4O2. The van der Waals surface area contributed by atoms with Crippen LogP contribution in [0.2, 0.25) is 0 Å². The molecule has 0 bridgehead atoms. The second-order valence-corrected chi connectivity index (χ2v) is 7.73. The Morgan fingerprint density at radius 3 is 2.41 bits per heavy atom. The maximum atomic E-state index is 12.6. The molecule has 0 atom stereocenters. The Bertz CT molecular complexity index is 1430. The molecule has 0 spiro atoms. The Balaban J connectivity index is 1.19. The average Bonchev–Trinajstić information content (AvgIpc) is 3.33. The van der Waals surface area contributed by atoms with E-state index in [1.165, 1.54) is 0 Å². The Kier molecular flexibility index (Phi) is 6.12. The third-order valence-electron chi connectivity index (χ3n) is 5.30. The average molecular weight is 447 g/mol. The van der Waals surface area contributed by atoms with Crippen LogP contribution in [0.25, 0.3) is 22.4 Å². The zero-order valence-electron chi connectivity index (χ0n) is 18.3. The lowest BCUT2D eigenvalue weighted by atomic mass is 10.2. The predicted octanol–water partition coefficient (Wildman–Crippen LogP) is 5.57. The van der Waals surface area contributed by atoms with Crippen LogP contribution in [0.5, 0.6) is 5.75 Å². The molecule has 0 aliphatic heterocycles. The van der Waals surface area contributed by atoms with E-state index in [1.807, 2.05) is 91.0 Å². The summed E-state index contributed by atoms with van der Waals surface area (Å²) in [6.07, 6.45) is 1.60. The van der Waals surface area contributed by atoms with E-state index >= 15 is 0 Å². The summed E-state index contributed by atoms with van der Waals surface area (Å²) in [6, 6.07) is 32.7. The van der Waals surface area contributed by atoms with Gasteiger partial charge in [-0.2, -0.15) is 5.10 Å². The maximum absolute atomic E-state index is 12.6. The zero-order valence-corrected chi connectivity index (χ0v) is 18.3. The minimum atomic E-state index is -0.295. The molecule has 1 heterocycles. The predicted molar refractivity (Wildman–Crippen MR) is 134 cm³/mol. The number of nitrogens with one attached hydrogen (secondary N) is 2. The number of rotatable bonds is 7. The highest BCUT2D eigenvalue weighted by atomic mass is 16.5. The second-order valence-electron chi connectivity index (χ2n) is 7.73. The van der Waals surface area contributed by atoms with Crippen LogP contribution in [-0.4, -0.2) is 22.1 Å². The normalized spacial score (nSPS) is 11.1. The molecule has 0 radical (unpaired) electrons. The van der Waals surface area contributed by atoms with E-state index in [0.717, 1.165) is 39.3 Å². The third kappa shape index (κ3) is 5.02. The van der Waals surface area contributed by atoms with Crippen LogP contribution in [-0.2, 0) is 6.61 Å². The molecule has 6 nitrogen and oxygen atoms in total. The van der Waals surface area contributed by atoms with Crippen LogP contribution in [0.3, 0.4) is 0 Å². The molecule has 2 N–H and O–H groups in total. The van der Waals surface area contributed by atoms with Gasteiger partial charge in [0.15, 0.2) is 0 Å². The fourth-order valence-corrected chi connectivity index (χ4v) is 3.50. The number of H-pyrrole nitrogens is 1. The molecule has 0 aliphatic carbocycles. The van der Waals surface area contributed by atoms with Gasteiger partial charge in [0.25, 0.3) is 5.91 Å². The summed E-state index contributed by atoms with van der Waals surface area (Å²) in [5.41, 5.74) is 7.62. The number of amides is 1. The SMILES string of the molecule is O=C(N/N=C/c1ccc(OCc2ccccc2)cc1)c1ccc2nc(-c3ccccc3)[nH]c2c1. The summed E-state index contributed by atoms with van der Waals surface area (Å²) < 4.78 is 5.79. The van der Waals surface area contributed by atoms with Gasteiger partial charge in [-0.05, 0) is 53.6 Å². The molecule has 4 aromatic carbocycles. The molecule has 1 amide bonds. The number of hydrogen-bond donors (Lipinski definition) is 2. The number of aromatic amines is 1. The van der Waals surface area contributed by atoms with E-state index in [-0.39, 0.29) is 5.91 Å². The molecule has 0 saturated carbocycles. The maximum Gasteiger partial charge on any atom is 0.271 e. The van der Waals surface area contributed by atoms with E-state index in [1.54, 1.807) is 18.3 Å². The van der Waals surface area contributed by atoms with Crippen LogP contribution in [0.1, 0.15) is 21.5 Å².